The molecule has 2 nitrogen and oxygen atoms in total. The fourth-order valence-corrected chi connectivity index (χ4v) is 7.76. The maximum Gasteiger partial charge on any atom is 0.221 e. The minimum Gasteiger partial charge on any atom is -0.369 e. The van der Waals surface area contributed by atoms with Crippen molar-refractivity contribution >= 4 is 5.91 Å². The van der Waals surface area contributed by atoms with Crippen LogP contribution in [0.25, 0.3) is 0 Å². The topological polar surface area (TPSA) is 43.1 Å². The molecule has 7 unspecified atom stereocenters. The molecule has 4 aliphatic rings. The molecule has 4 saturated carbocycles. The highest BCUT2D eigenvalue weighted by Crippen LogP contribution is 2.67. The first-order valence-corrected chi connectivity index (χ1v) is 9.76. The first-order chi connectivity index (χ1) is 10.5. The molecule has 4 fully saturated rings. The Bertz CT molecular complexity index is 474. The van der Waals surface area contributed by atoms with Crippen LogP contribution in [0.4, 0.5) is 0 Å². The summed E-state index contributed by atoms with van der Waals surface area (Å²) in [5, 5.41) is 0. The number of carbonyl (C=O) groups excluding carboxylic acids is 1. The molecule has 0 aromatic carbocycles. The second-order valence-corrected chi connectivity index (χ2v) is 9.48. The summed E-state index contributed by atoms with van der Waals surface area (Å²) in [5.41, 5.74) is 6.57. The van der Waals surface area contributed by atoms with E-state index in [-0.39, 0.29) is 17.2 Å². The van der Waals surface area contributed by atoms with E-state index in [2.05, 4.69) is 13.8 Å². The van der Waals surface area contributed by atoms with Crippen molar-refractivity contribution in [2.24, 2.45) is 46.2 Å². The van der Waals surface area contributed by atoms with Crippen molar-refractivity contribution in [3.05, 3.63) is 0 Å². The molecule has 124 valence electrons. The molecule has 4 rings (SSSR count). The number of primary amides is 1. The predicted octanol–water partition coefficient (Wildman–Crippen LogP) is 4.52. The van der Waals surface area contributed by atoms with Crippen LogP contribution in [-0.2, 0) is 4.79 Å². The summed E-state index contributed by atoms with van der Waals surface area (Å²) in [4.78, 5) is 11.9. The molecule has 0 radical (unpaired) electrons. The second kappa shape index (κ2) is 4.98. The van der Waals surface area contributed by atoms with Crippen LogP contribution in [0.2, 0.25) is 0 Å². The van der Waals surface area contributed by atoms with Gasteiger partial charge in [-0.3, -0.25) is 4.79 Å². The normalized spacial score (nSPS) is 54.2. The van der Waals surface area contributed by atoms with E-state index < -0.39 is 0 Å². The van der Waals surface area contributed by atoms with Crippen molar-refractivity contribution < 1.29 is 4.79 Å². The van der Waals surface area contributed by atoms with Crippen molar-refractivity contribution in [1.29, 1.82) is 0 Å². The van der Waals surface area contributed by atoms with Crippen LogP contribution in [0, 0.1) is 40.4 Å². The van der Waals surface area contributed by atoms with Crippen LogP contribution >= 0.6 is 0 Å². The molecule has 1 amide bonds. The van der Waals surface area contributed by atoms with Gasteiger partial charge < -0.3 is 5.73 Å². The van der Waals surface area contributed by atoms with E-state index in [9.17, 15) is 4.79 Å². The van der Waals surface area contributed by atoms with Crippen molar-refractivity contribution in [3.63, 3.8) is 0 Å². The lowest BCUT2D eigenvalue weighted by molar-refractivity contribution is -0.134. The van der Waals surface area contributed by atoms with Crippen molar-refractivity contribution in [2.45, 2.75) is 78.1 Å². The lowest BCUT2D eigenvalue weighted by Gasteiger charge is -2.60. The number of carbonyl (C=O) groups is 1. The van der Waals surface area contributed by atoms with Gasteiger partial charge in [0, 0.05) is 5.92 Å². The molecule has 0 aliphatic heterocycles. The molecule has 0 aromatic heterocycles. The Morgan fingerprint density at radius 1 is 0.864 bits per heavy atom. The minimum absolute atomic E-state index is 0.0268. The van der Waals surface area contributed by atoms with E-state index >= 15 is 0 Å². The molecule has 2 N–H and O–H groups in total. The van der Waals surface area contributed by atoms with Gasteiger partial charge in [0.25, 0.3) is 0 Å². The van der Waals surface area contributed by atoms with Crippen molar-refractivity contribution in [3.8, 4) is 0 Å². The standard InChI is InChI=1S/C20H33NO/c1-19-11-4-3-5-13(19)6-7-14-15-8-9-17(18(21)22)20(15,2)12-10-16(14)19/h13-17H,3-12H2,1-2H3,(H2,21,22). The largest absolute Gasteiger partial charge is 0.369 e. The summed E-state index contributed by atoms with van der Waals surface area (Å²) in [6, 6.07) is 0. The van der Waals surface area contributed by atoms with Gasteiger partial charge in [0.1, 0.15) is 0 Å². The Morgan fingerprint density at radius 3 is 2.41 bits per heavy atom. The molecule has 2 heteroatoms. The van der Waals surface area contributed by atoms with E-state index in [0.717, 1.165) is 30.1 Å². The average molecular weight is 303 g/mol. The van der Waals surface area contributed by atoms with Gasteiger partial charge in [-0.05, 0) is 85.9 Å². The van der Waals surface area contributed by atoms with E-state index in [1.165, 1.54) is 57.8 Å². The van der Waals surface area contributed by atoms with E-state index in [4.69, 9.17) is 5.73 Å². The first kappa shape index (κ1) is 15.0. The Labute approximate surface area is 135 Å². The van der Waals surface area contributed by atoms with Gasteiger partial charge in [-0.25, -0.2) is 0 Å². The number of amides is 1. The van der Waals surface area contributed by atoms with E-state index in [1.807, 2.05) is 0 Å². The lowest BCUT2D eigenvalue weighted by atomic mass is 9.45. The zero-order chi connectivity index (χ0) is 15.5. The van der Waals surface area contributed by atoms with Crippen molar-refractivity contribution in [2.75, 3.05) is 0 Å². The number of nitrogens with two attached hydrogens (primary N) is 1. The third kappa shape index (κ3) is 1.88. The average Bonchev–Trinajstić information content (AvgIpc) is 2.84. The molecule has 0 heterocycles. The molecule has 0 aromatic rings. The van der Waals surface area contributed by atoms with E-state index in [1.54, 1.807) is 0 Å². The fourth-order valence-electron chi connectivity index (χ4n) is 7.76. The number of hydrogen-bond donors (Lipinski definition) is 1. The molecular formula is C20H33NO. The SMILES string of the molecule is CC12CCCCC1CCC1C2CCC2(C)C(C(N)=O)CCC12. The van der Waals surface area contributed by atoms with Crippen LogP contribution in [0.3, 0.4) is 0 Å². The highest BCUT2D eigenvalue weighted by Gasteiger charge is 2.60. The van der Waals surface area contributed by atoms with Crippen molar-refractivity contribution in [1.82, 2.24) is 0 Å². The van der Waals surface area contributed by atoms with Gasteiger partial charge in [0.05, 0.1) is 0 Å². The van der Waals surface area contributed by atoms with Gasteiger partial charge >= 0.3 is 0 Å². The van der Waals surface area contributed by atoms with Crippen LogP contribution in [0.15, 0.2) is 0 Å². The Morgan fingerprint density at radius 2 is 1.64 bits per heavy atom. The first-order valence-electron chi connectivity index (χ1n) is 9.76. The molecule has 22 heavy (non-hydrogen) atoms. The van der Waals surface area contributed by atoms with Crippen LogP contribution in [0.5, 0.6) is 0 Å². The summed E-state index contributed by atoms with van der Waals surface area (Å²) in [6.45, 7) is 5.02. The number of rotatable bonds is 1. The number of fused-ring (bicyclic) bond motifs is 5. The minimum atomic E-state index is -0.0268. The zero-order valence-corrected chi connectivity index (χ0v) is 14.4. The van der Waals surface area contributed by atoms with Gasteiger partial charge in [0.15, 0.2) is 0 Å². The second-order valence-electron chi connectivity index (χ2n) is 9.48. The fraction of sp³-hybridized carbons (Fsp3) is 0.950. The maximum atomic E-state index is 11.9. The summed E-state index contributed by atoms with van der Waals surface area (Å²) in [6.07, 6.45) is 13.6. The molecule has 7 atom stereocenters. The maximum absolute atomic E-state index is 11.9. The smallest absolute Gasteiger partial charge is 0.221 e. The van der Waals surface area contributed by atoms with Gasteiger partial charge in [-0.1, -0.05) is 26.7 Å². The molecule has 0 spiro atoms. The summed E-state index contributed by atoms with van der Waals surface area (Å²) < 4.78 is 0. The third-order valence-electron chi connectivity index (χ3n) is 8.93. The van der Waals surface area contributed by atoms with Gasteiger partial charge in [0.2, 0.25) is 5.91 Å². The molecule has 0 saturated heterocycles. The number of hydrogen-bond acceptors (Lipinski definition) is 1. The quantitative estimate of drug-likeness (QED) is 0.760. The summed E-state index contributed by atoms with van der Waals surface area (Å²) >= 11 is 0. The molecule has 4 aliphatic carbocycles. The predicted molar refractivity (Wildman–Crippen MR) is 89.0 cm³/mol. The third-order valence-corrected chi connectivity index (χ3v) is 8.93. The Balaban J connectivity index is 1.63. The lowest BCUT2D eigenvalue weighted by Crippen LogP contribution is -2.53. The zero-order valence-electron chi connectivity index (χ0n) is 14.4. The van der Waals surface area contributed by atoms with Crippen LogP contribution in [0.1, 0.15) is 78.1 Å². The Hall–Kier alpha value is -0.530. The van der Waals surface area contributed by atoms with Gasteiger partial charge in [-0.2, -0.15) is 0 Å². The molecule has 0 bridgehead atoms. The highest BCUT2D eigenvalue weighted by atomic mass is 16.1. The molecular weight excluding hydrogens is 270 g/mol. The van der Waals surface area contributed by atoms with Gasteiger partial charge in [-0.15, -0.1) is 0 Å². The summed E-state index contributed by atoms with van der Waals surface area (Å²) in [5.74, 6) is 3.68. The Kier molecular flexibility index (Phi) is 3.40. The summed E-state index contributed by atoms with van der Waals surface area (Å²) in [7, 11) is 0. The monoisotopic (exact) mass is 303 g/mol. The van der Waals surface area contributed by atoms with Crippen LogP contribution < -0.4 is 5.73 Å². The van der Waals surface area contributed by atoms with E-state index in [0.29, 0.717) is 5.41 Å². The van der Waals surface area contributed by atoms with Crippen LogP contribution in [-0.4, -0.2) is 5.91 Å². The highest BCUT2D eigenvalue weighted by molar-refractivity contribution is 5.78.